The number of sulfonamides is 1. The van der Waals surface area contributed by atoms with Crippen LogP contribution in [0.5, 0.6) is 0 Å². The lowest BCUT2D eigenvalue weighted by atomic mass is 9.86. The predicted octanol–water partition coefficient (Wildman–Crippen LogP) is 6.05. The molecule has 0 aromatic heterocycles. The summed E-state index contributed by atoms with van der Waals surface area (Å²) in [4.78, 5) is 26.3. The van der Waals surface area contributed by atoms with E-state index in [9.17, 15) is 18.0 Å². The van der Waals surface area contributed by atoms with Crippen LogP contribution in [0.25, 0.3) is 0 Å². The molecular formula is C28H31ClN2O4S. The molecule has 190 valence electrons. The van der Waals surface area contributed by atoms with Crippen LogP contribution < -0.4 is 9.62 Å². The van der Waals surface area contributed by atoms with E-state index in [2.05, 4.69) is 26.1 Å². The molecule has 0 saturated heterocycles. The summed E-state index contributed by atoms with van der Waals surface area (Å²) >= 11 is 5.95. The van der Waals surface area contributed by atoms with Crippen LogP contribution in [0, 0.1) is 0 Å². The molecular weight excluding hydrogens is 496 g/mol. The summed E-state index contributed by atoms with van der Waals surface area (Å²) in [7, 11) is -3.78. The number of benzene rings is 3. The standard InChI is InChI=1S/C28H31ClN2O4S/c1-6-25(31(36(5,34)35)24-16-14-22(29)15-17-24)27(33)30-23-9-7-8-20(18-23)26(32)19-10-12-21(13-11-19)28(2,3)4/h7-18,25H,6H2,1-5H3,(H,30,33)/t25-/m0/s1. The van der Waals surface area contributed by atoms with Crippen molar-refractivity contribution in [2.75, 3.05) is 15.9 Å². The van der Waals surface area contributed by atoms with Crippen LogP contribution in [0.3, 0.4) is 0 Å². The lowest BCUT2D eigenvalue weighted by Gasteiger charge is -2.30. The minimum absolute atomic E-state index is 0.0204. The smallest absolute Gasteiger partial charge is 0.248 e. The first-order chi connectivity index (χ1) is 16.8. The second-order valence-electron chi connectivity index (χ2n) is 9.69. The van der Waals surface area contributed by atoms with Gasteiger partial charge >= 0.3 is 0 Å². The van der Waals surface area contributed by atoms with Crippen molar-refractivity contribution < 1.29 is 18.0 Å². The molecule has 0 saturated carbocycles. The van der Waals surface area contributed by atoms with Crippen molar-refractivity contribution in [3.8, 4) is 0 Å². The topological polar surface area (TPSA) is 83.6 Å². The zero-order valence-electron chi connectivity index (χ0n) is 21.1. The van der Waals surface area contributed by atoms with Crippen molar-refractivity contribution in [3.63, 3.8) is 0 Å². The second kappa shape index (κ2) is 10.8. The summed E-state index contributed by atoms with van der Waals surface area (Å²) in [5, 5.41) is 3.24. The van der Waals surface area contributed by atoms with Crippen LogP contribution in [0.15, 0.2) is 72.8 Å². The SMILES string of the molecule is CC[C@@H](C(=O)Nc1cccc(C(=O)c2ccc(C(C)(C)C)cc2)c1)N(c1ccc(Cl)cc1)S(C)(=O)=O. The largest absolute Gasteiger partial charge is 0.324 e. The zero-order chi connectivity index (χ0) is 26.7. The van der Waals surface area contributed by atoms with Crippen LogP contribution in [-0.2, 0) is 20.2 Å². The molecule has 3 aromatic rings. The van der Waals surface area contributed by atoms with Gasteiger partial charge < -0.3 is 5.32 Å². The van der Waals surface area contributed by atoms with Crippen LogP contribution in [0.2, 0.25) is 5.02 Å². The number of carbonyl (C=O) groups excluding carboxylic acids is 2. The maximum absolute atomic E-state index is 13.2. The quantitative estimate of drug-likeness (QED) is 0.362. The average Bonchev–Trinajstić information content (AvgIpc) is 2.81. The molecule has 0 heterocycles. The molecule has 36 heavy (non-hydrogen) atoms. The van der Waals surface area contributed by atoms with Gasteiger partial charge in [0.15, 0.2) is 5.78 Å². The maximum atomic E-state index is 13.2. The van der Waals surface area contributed by atoms with Crippen molar-refractivity contribution in [2.24, 2.45) is 0 Å². The molecule has 3 aromatic carbocycles. The lowest BCUT2D eigenvalue weighted by Crippen LogP contribution is -2.47. The van der Waals surface area contributed by atoms with E-state index < -0.39 is 22.0 Å². The fraction of sp³-hybridized carbons (Fsp3) is 0.286. The molecule has 0 radical (unpaired) electrons. The highest BCUT2D eigenvalue weighted by atomic mass is 35.5. The molecule has 1 atom stereocenters. The summed E-state index contributed by atoms with van der Waals surface area (Å²) < 4.78 is 26.3. The Labute approximate surface area is 218 Å². The normalized spacial score (nSPS) is 12.6. The van der Waals surface area contributed by atoms with E-state index in [1.54, 1.807) is 67.6 Å². The zero-order valence-corrected chi connectivity index (χ0v) is 22.7. The van der Waals surface area contributed by atoms with Gasteiger partial charge in [0.2, 0.25) is 15.9 Å². The Kier molecular flexibility index (Phi) is 8.26. The number of ketones is 1. The number of hydrogen-bond donors (Lipinski definition) is 1. The summed E-state index contributed by atoms with van der Waals surface area (Å²) in [5.74, 6) is -0.672. The molecule has 3 rings (SSSR count). The van der Waals surface area contributed by atoms with E-state index in [0.29, 0.717) is 27.5 Å². The van der Waals surface area contributed by atoms with E-state index in [4.69, 9.17) is 11.6 Å². The van der Waals surface area contributed by atoms with Gasteiger partial charge in [-0.1, -0.05) is 75.7 Å². The highest BCUT2D eigenvalue weighted by Gasteiger charge is 2.31. The van der Waals surface area contributed by atoms with Gasteiger partial charge in [-0.3, -0.25) is 13.9 Å². The number of nitrogens with zero attached hydrogens (tertiary/aromatic N) is 1. The van der Waals surface area contributed by atoms with E-state index in [1.165, 1.54) is 0 Å². The molecule has 0 aliphatic rings. The van der Waals surface area contributed by atoms with E-state index in [0.717, 1.165) is 16.1 Å². The van der Waals surface area contributed by atoms with Gasteiger partial charge in [-0.2, -0.15) is 0 Å². The van der Waals surface area contributed by atoms with Gasteiger partial charge in [-0.15, -0.1) is 0 Å². The summed E-state index contributed by atoms with van der Waals surface area (Å²) in [6, 6.07) is 19.4. The Bertz CT molecular complexity index is 1350. The average molecular weight is 527 g/mol. The third kappa shape index (κ3) is 6.53. The van der Waals surface area contributed by atoms with Crippen LogP contribution in [0.4, 0.5) is 11.4 Å². The molecule has 0 aliphatic heterocycles. The number of carbonyl (C=O) groups is 2. The number of nitrogens with one attached hydrogen (secondary N) is 1. The molecule has 0 bridgehead atoms. The van der Waals surface area contributed by atoms with Crippen molar-refractivity contribution in [1.82, 2.24) is 0 Å². The molecule has 0 unspecified atom stereocenters. The van der Waals surface area contributed by atoms with Crippen molar-refractivity contribution in [1.29, 1.82) is 0 Å². The van der Waals surface area contributed by atoms with Crippen molar-refractivity contribution in [2.45, 2.75) is 45.6 Å². The second-order valence-corrected chi connectivity index (χ2v) is 12.0. The molecule has 8 heteroatoms. The fourth-order valence-electron chi connectivity index (χ4n) is 3.90. The summed E-state index contributed by atoms with van der Waals surface area (Å²) in [5.41, 5.74) is 2.81. The van der Waals surface area contributed by atoms with E-state index in [-0.39, 0.29) is 17.6 Å². The van der Waals surface area contributed by atoms with Gasteiger partial charge in [-0.05, 0) is 53.8 Å². The Morgan fingerprint density at radius 3 is 2.08 bits per heavy atom. The third-order valence-electron chi connectivity index (χ3n) is 5.82. The van der Waals surface area contributed by atoms with Crippen molar-refractivity contribution in [3.05, 3.63) is 94.5 Å². The van der Waals surface area contributed by atoms with E-state index in [1.807, 2.05) is 12.1 Å². The Balaban J connectivity index is 1.84. The molecule has 0 aliphatic carbocycles. The first-order valence-electron chi connectivity index (χ1n) is 11.6. The fourth-order valence-corrected chi connectivity index (χ4v) is 5.24. The number of anilines is 2. The van der Waals surface area contributed by atoms with Gasteiger partial charge in [0, 0.05) is 21.8 Å². The van der Waals surface area contributed by atoms with Gasteiger partial charge in [-0.25, -0.2) is 8.42 Å². The minimum atomic E-state index is -3.78. The van der Waals surface area contributed by atoms with Gasteiger partial charge in [0.25, 0.3) is 0 Å². The number of rotatable bonds is 8. The van der Waals surface area contributed by atoms with Gasteiger partial charge in [0.05, 0.1) is 11.9 Å². The number of hydrogen-bond acceptors (Lipinski definition) is 4. The summed E-state index contributed by atoms with van der Waals surface area (Å²) in [6.45, 7) is 8.06. The molecule has 6 nitrogen and oxygen atoms in total. The predicted molar refractivity (Wildman–Crippen MR) is 146 cm³/mol. The Morgan fingerprint density at radius 2 is 1.56 bits per heavy atom. The molecule has 0 fully saturated rings. The number of amides is 1. The maximum Gasteiger partial charge on any atom is 0.248 e. The molecule has 0 spiro atoms. The highest BCUT2D eigenvalue weighted by Crippen LogP contribution is 2.26. The highest BCUT2D eigenvalue weighted by molar-refractivity contribution is 7.92. The monoisotopic (exact) mass is 526 g/mol. The van der Waals surface area contributed by atoms with Crippen LogP contribution in [-0.4, -0.2) is 32.4 Å². The summed E-state index contributed by atoms with van der Waals surface area (Å²) in [6.07, 6.45) is 1.29. The first-order valence-corrected chi connectivity index (χ1v) is 13.8. The molecule has 1 N–H and O–H groups in total. The van der Waals surface area contributed by atoms with Gasteiger partial charge in [0.1, 0.15) is 6.04 Å². The van der Waals surface area contributed by atoms with E-state index >= 15 is 0 Å². The van der Waals surface area contributed by atoms with Crippen LogP contribution >= 0.6 is 11.6 Å². The van der Waals surface area contributed by atoms with Crippen molar-refractivity contribution >= 4 is 44.7 Å². The third-order valence-corrected chi connectivity index (χ3v) is 7.25. The number of halogens is 1. The lowest BCUT2D eigenvalue weighted by molar-refractivity contribution is -0.117. The Morgan fingerprint density at radius 1 is 0.944 bits per heavy atom. The Hall–Kier alpha value is -3.16. The van der Waals surface area contributed by atoms with Crippen LogP contribution in [0.1, 0.15) is 55.6 Å². The first kappa shape index (κ1) is 27.4. The minimum Gasteiger partial charge on any atom is -0.324 e. The molecule has 1 amide bonds.